The number of anilines is 1. The lowest BCUT2D eigenvalue weighted by Crippen LogP contribution is -2.43. The normalized spacial score (nSPS) is 21.0. The van der Waals surface area contributed by atoms with Crippen molar-refractivity contribution >= 4 is 27.5 Å². The van der Waals surface area contributed by atoms with Crippen LogP contribution in [0.2, 0.25) is 0 Å². The highest BCUT2D eigenvalue weighted by molar-refractivity contribution is 7.89. The fraction of sp³-hybridized carbons (Fsp3) is 0.545. The van der Waals surface area contributed by atoms with Crippen molar-refractivity contribution in [2.45, 2.75) is 50.3 Å². The summed E-state index contributed by atoms with van der Waals surface area (Å²) in [6.07, 6.45) is 6.55. The van der Waals surface area contributed by atoms with Crippen LogP contribution >= 0.6 is 0 Å². The minimum Gasteiger partial charge on any atom is -0.338 e. The molecule has 3 rings (SSSR count). The third kappa shape index (κ3) is 5.10. The Morgan fingerprint density at radius 3 is 2.47 bits per heavy atom. The van der Waals surface area contributed by atoms with E-state index in [0.717, 1.165) is 32.1 Å². The van der Waals surface area contributed by atoms with Gasteiger partial charge in [-0.25, -0.2) is 8.42 Å². The number of hydrogen-bond donors (Lipinski definition) is 1. The number of sulfonamides is 1. The Hall–Kier alpha value is -2.19. The number of hydrogen-bond acceptors (Lipinski definition) is 4. The largest absolute Gasteiger partial charge is 0.338 e. The summed E-state index contributed by atoms with van der Waals surface area (Å²) in [5, 5.41) is 2.86. The summed E-state index contributed by atoms with van der Waals surface area (Å²) < 4.78 is 28.0. The van der Waals surface area contributed by atoms with E-state index in [-0.39, 0.29) is 22.6 Å². The zero-order chi connectivity index (χ0) is 21.7. The van der Waals surface area contributed by atoms with Gasteiger partial charge in [-0.05, 0) is 56.4 Å². The average Bonchev–Trinajstić information content (AvgIpc) is 3.04. The molecule has 2 saturated heterocycles. The first-order valence-corrected chi connectivity index (χ1v) is 12.1. The molecule has 8 heteroatoms. The van der Waals surface area contributed by atoms with Crippen molar-refractivity contribution in [3.63, 3.8) is 0 Å². The topological polar surface area (TPSA) is 86.8 Å². The number of carbonyl (C=O) groups is 2. The molecule has 164 valence electrons. The van der Waals surface area contributed by atoms with Crippen LogP contribution < -0.4 is 5.32 Å². The quantitative estimate of drug-likeness (QED) is 0.724. The van der Waals surface area contributed by atoms with E-state index in [0.29, 0.717) is 43.9 Å². The van der Waals surface area contributed by atoms with Gasteiger partial charge < -0.3 is 10.2 Å². The maximum absolute atomic E-state index is 13.2. The van der Waals surface area contributed by atoms with Gasteiger partial charge in [-0.15, -0.1) is 0 Å². The highest BCUT2D eigenvalue weighted by atomic mass is 32.2. The molecule has 2 amide bonds. The molecule has 2 aliphatic heterocycles. The predicted octanol–water partition coefficient (Wildman–Crippen LogP) is 2.92. The molecule has 0 aromatic heterocycles. The minimum absolute atomic E-state index is 0.173. The Morgan fingerprint density at radius 1 is 1.10 bits per heavy atom. The number of aryl methyl sites for hydroxylation is 1. The van der Waals surface area contributed by atoms with Gasteiger partial charge in [0.05, 0.1) is 10.8 Å². The predicted molar refractivity (Wildman–Crippen MR) is 117 cm³/mol. The van der Waals surface area contributed by atoms with E-state index in [1.807, 2.05) is 0 Å². The summed E-state index contributed by atoms with van der Waals surface area (Å²) in [5.41, 5.74) is 1.13. The first-order chi connectivity index (χ1) is 14.3. The summed E-state index contributed by atoms with van der Waals surface area (Å²) in [5.74, 6) is -0.693. The molecule has 1 aromatic carbocycles. The molecule has 2 fully saturated rings. The zero-order valence-corrected chi connectivity index (χ0v) is 18.4. The van der Waals surface area contributed by atoms with Crippen LogP contribution in [0.5, 0.6) is 0 Å². The Balaban J connectivity index is 1.75. The molecule has 1 atom stereocenters. The summed E-state index contributed by atoms with van der Waals surface area (Å²) in [4.78, 5) is 26.5. The van der Waals surface area contributed by atoms with E-state index >= 15 is 0 Å². The molecule has 1 aromatic rings. The number of nitrogens with zero attached hydrogens (tertiary/aromatic N) is 2. The molecule has 0 saturated carbocycles. The van der Waals surface area contributed by atoms with Crippen LogP contribution in [0.4, 0.5) is 5.69 Å². The number of rotatable bonds is 5. The molecular formula is C22H31N3O4S. The molecule has 2 heterocycles. The van der Waals surface area contributed by atoms with Crippen molar-refractivity contribution < 1.29 is 18.0 Å². The SMILES string of the molecule is C=CC(=O)N1CCCC(C(=O)Nc2ccc(C)c(S(=O)(=O)N3CCCCCC3)c2)C1. The highest BCUT2D eigenvalue weighted by Crippen LogP contribution is 2.27. The smallest absolute Gasteiger partial charge is 0.245 e. The van der Waals surface area contributed by atoms with E-state index in [4.69, 9.17) is 0 Å². The van der Waals surface area contributed by atoms with Crippen molar-refractivity contribution in [1.29, 1.82) is 0 Å². The van der Waals surface area contributed by atoms with Crippen LogP contribution in [-0.2, 0) is 19.6 Å². The first-order valence-electron chi connectivity index (χ1n) is 10.7. The van der Waals surface area contributed by atoms with Gasteiger partial charge in [0.2, 0.25) is 21.8 Å². The lowest BCUT2D eigenvalue weighted by Gasteiger charge is -2.31. The maximum atomic E-state index is 13.2. The lowest BCUT2D eigenvalue weighted by atomic mass is 9.97. The van der Waals surface area contributed by atoms with Gasteiger partial charge in [-0.3, -0.25) is 9.59 Å². The van der Waals surface area contributed by atoms with Crippen LogP contribution in [0.1, 0.15) is 44.1 Å². The highest BCUT2D eigenvalue weighted by Gasteiger charge is 2.29. The van der Waals surface area contributed by atoms with E-state index < -0.39 is 10.0 Å². The Morgan fingerprint density at radius 2 is 1.80 bits per heavy atom. The molecule has 7 nitrogen and oxygen atoms in total. The van der Waals surface area contributed by atoms with E-state index in [1.165, 1.54) is 6.08 Å². The molecule has 0 bridgehead atoms. The number of amides is 2. The van der Waals surface area contributed by atoms with Gasteiger partial charge in [0, 0.05) is 31.9 Å². The van der Waals surface area contributed by atoms with E-state index in [2.05, 4.69) is 11.9 Å². The fourth-order valence-electron chi connectivity index (χ4n) is 4.14. The van der Waals surface area contributed by atoms with Crippen molar-refractivity contribution in [3.05, 3.63) is 36.4 Å². The van der Waals surface area contributed by atoms with Gasteiger partial charge in [-0.2, -0.15) is 4.31 Å². The minimum atomic E-state index is -3.60. The third-order valence-corrected chi connectivity index (χ3v) is 7.96. The van der Waals surface area contributed by atoms with Crippen LogP contribution in [0.3, 0.4) is 0 Å². The number of likely N-dealkylation sites (tertiary alicyclic amines) is 1. The summed E-state index contributed by atoms with van der Waals surface area (Å²) >= 11 is 0. The summed E-state index contributed by atoms with van der Waals surface area (Å²) in [6.45, 7) is 7.32. The van der Waals surface area contributed by atoms with Crippen LogP contribution in [0.15, 0.2) is 35.7 Å². The van der Waals surface area contributed by atoms with Gasteiger partial charge in [-0.1, -0.05) is 25.5 Å². The van der Waals surface area contributed by atoms with Crippen molar-refractivity contribution in [2.24, 2.45) is 5.92 Å². The molecule has 1 N–H and O–H groups in total. The molecule has 1 unspecified atom stereocenters. The van der Waals surface area contributed by atoms with Gasteiger partial charge in [0.15, 0.2) is 0 Å². The van der Waals surface area contributed by atoms with E-state index in [1.54, 1.807) is 34.3 Å². The van der Waals surface area contributed by atoms with Gasteiger partial charge >= 0.3 is 0 Å². The van der Waals surface area contributed by atoms with Crippen LogP contribution in [-0.4, -0.2) is 55.6 Å². The number of carbonyl (C=O) groups excluding carboxylic acids is 2. The second-order valence-corrected chi connectivity index (χ2v) is 10.0. The lowest BCUT2D eigenvalue weighted by molar-refractivity contribution is -0.130. The molecule has 0 aliphatic carbocycles. The first kappa shape index (κ1) is 22.5. The third-order valence-electron chi connectivity index (χ3n) is 5.92. The number of piperidine rings is 1. The zero-order valence-electron chi connectivity index (χ0n) is 17.6. The summed E-state index contributed by atoms with van der Waals surface area (Å²) in [7, 11) is -3.60. The number of nitrogens with one attached hydrogen (secondary N) is 1. The van der Waals surface area contributed by atoms with Gasteiger partial charge in [0.25, 0.3) is 0 Å². The average molecular weight is 434 g/mol. The van der Waals surface area contributed by atoms with Gasteiger partial charge in [0.1, 0.15) is 0 Å². The van der Waals surface area contributed by atoms with Crippen LogP contribution in [0.25, 0.3) is 0 Å². The maximum Gasteiger partial charge on any atom is 0.245 e. The second-order valence-electron chi connectivity index (χ2n) is 8.12. The Labute approximate surface area is 179 Å². The molecular weight excluding hydrogens is 402 g/mol. The molecule has 0 radical (unpaired) electrons. The second kappa shape index (κ2) is 9.75. The number of benzene rings is 1. The standard InChI is InChI=1S/C22H31N3O4S/c1-3-21(26)24-12-8-9-18(16-24)22(27)23-19-11-10-17(2)20(15-19)30(28,29)25-13-6-4-5-7-14-25/h3,10-11,15,18H,1,4-9,12-14,16H2,2H3,(H,23,27). The summed E-state index contributed by atoms with van der Waals surface area (Å²) in [6, 6.07) is 5.02. The van der Waals surface area contributed by atoms with Crippen molar-refractivity contribution in [3.8, 4) is 0 Å². The van der Waals surface area contributed by atoms with Crippen LogP contribution in [0, 0.1) is 12.8 Å². The molecule has 0 spiro atoms. The Kier molecular flexibility index (Phi) is 7.31. The Bertz CT molecular complexity index is 905. The molecule has 30 heavy (non-hydrogen) atoms. The fourth-order valence-corrected chi connectivity index (χ4v) is 5.91. The monoisotopic (exact) mass is 433 g/mol. The van der Waals surface area contributed by atoms with Crippen molar-refractivity contribution in [2.75, 3.05) is 31.5 Å². The van der Waals surface area contributed by atoms with Crippen molar-refractivity contribution in [1.82, 2.24) is 9.21 Å². The molecule has 2 aliphatic rings. The van der Waals surface area contributed by atoms with E-state index in [9.17, 15) is 18.0 Å².